The first kappa shape index (κ1) is 6.05. The molecule has 2 unspecified atom stereocenters. The predicted octanol–water partition coefficient (Wildman–Crippen LogP) is 1.55. The lowest BCUT2D eigenvalue weighted by atomic mass is 10.1. The van der Waals surface area contributed by atoms with Gasteiger partial charge in [0.25, 0.3) is 0 Å². The van der Waals surface area contributed by atoms with E-state index in [4.69, 9.17) is 0 Å². The summed E-state index contributed by atoms with van der Waals surface area (Å²) < 4.78 is 0. The fraction of sp³-hybridized carbons (Fsp3) is 1.00. The SMILES string of the molecule is SC12CCCC(CC1)N2. The third-order valence-electron chi connectivity index (χ3n) is 2.52. The average molecular weight is 143 g/mol. The summed E-state index contributed by atoms with van der Waals surface area (Å²) in [5.74, 6) is 0. The molecule has 0 amide bonds. The second kappa shape index (κ2) is 1.89. The zero-order valence-corrected chi connectivity index (χ0v) is 6.45. The van der Waals surface area contributed by atoms with Gasteiger partial charge >= 0.3 is 0 Å². The Balaban J connectivity index is 2.13. The van der Waals surface area contributed by atoms with E-state index in [9.17, 15) is 0 Å². The van der Waals surface area contributed by atoms with E-state index in [2.05, 4.69) is 17.9 Å². The normalized spacial score (nSPS) is 49.7. The Morgan fingerprint density at radius 3 is 2.89 bits per heavy atom. The van der Waals surface area contributed by atoms with Crippen molar-refractivity contribution >= 4 is 12.6 Å². The third kappa shape index (κ3) is 0.987. The van der Waals surface area contributed by atoms with Gasteiger partial charge in [-0.1, -0.05) is 0 Å². The minimum atomic E-state index is 0.239. The molecule has 2 aliphatic rings. The number of fused-ring (bicyclic) bond motifs is 2. The lowest BCUT2D eigenvalue weighted by molar-refractivity contribution is 0.379. The van der Waals surface area contributed by atoms with Crippen LogP contribution in [0.15, 0.2) is 0 Å². The van der Waals surface area contributed by atoms with E-state index in [1.807, 2.05) is 0 Å². The van der Waals surface area contributed by atoms with E-state index in [0.717, 1.165) is 6.04 Å². The maximum absolute atomic E-state index is 4.58. The molecule has 0 aromatic carbocycles. The molecule has 2 aliphatic heterocycles. The zero-order valence-electron chi connectivity index (χ0n) is 5.56. The van der Waals surface area contributed by atoms with Crippen LogP contribution >= 0.6 is 12.6 Å². The number of piperidine rings is 1. The molecule has 2 rings (SSSR count). The van der Waals surface area contributed by atoms with E-state index < -0.39 is 0 Å². The largest absolute Gasteiger partial charge is 0.300 e. The second-order valence-corrected chi connectivity index (χ2v) is 4.16. The molecule has 2 atom stereocenters. The van der Waals surface area contributed by atoms with Crippen LogP contribution in [0.1, 0.15) is 32.1 Å². The quantitative estimate of drug-likeness (QED) is 0.490. The van der Waals surface area contributed by atoms with Crippen LogP contribution in [0, 0.1) is 0 Å². The van der Waals surface area contributed by atoms with Crippen molar-refractivity contribution in [1.29, 1.82) is 0 Å². The van der Waals surface area contributed by atoms with Gasteiger partial charge in [0, 0.05) is 6.04 Å². The van der Waals surface area contributed by atoms with Gasteiger partial charge in [-0.3, -0.25) is 0 Å². The van der Waals surface area contributed by atoms with Crippen molar-refractivity contribution in [3.8, 4) is 0 Å². The lowest BCUT2D eigenvalue weighted by Gasteiger charge is -2.29. The first-order chi connectivity index (χ1) is 4.29. The van der Waals surface area contributed by atoms with Crippen LogP contribution in [0.5, 0.6) is 0 Å². The monoisotopic (exact) mass is 143 g/mol. The van der Waals surface area contributed by atoms with Crippen molar-refractivity contribution in [2.45, 2.75) is 43.0 Å². The Labute approximate surface area is 61.6 Å². The minimum Gasteiger partial charge on any atom is -0.300 e. The topological polar surface area (TPSA) is 12.0 Å². The molecule has 1 N–H and O–H groups in total. The number of thiol groups is 1. The fourth-order valence-electron chi connectivity index (χ4n) is 1.99. The van der Waals surface area contributed by atoms with E-state index >= 15 is 0 Å². The second-order valence-electron chi connectivity index (χ2n) is 3.30. The average Bonchev–Trinajstić information content (AvgIpc) is 2.07. The Morgan fingerprint density at radius 2 is 2.22 bits per heavy atom. The van der Waals surface area contributed by atoms with Crippen LogP contribution in [-0.2, 0) is 0 Å². The number of nitrogens with one attached hydrogen (secondary N) is 1. The summed E-state index contributed by atoms with van der Waals surface area (Å²) >= 11 is 4.58. The molecule has 0 aromatic rings. The van der Waals surface area contributed by atoms with Crippen molar-refractivity contribution in [3.05, 3.63) is 0 Å². The Bertz CT molecular complexity index is 122. The molecule has 9 heavy (non-hydrogen) atoms. The highest BCUT2D eigenvalue weighted by atomic mass is 32.1. The standard InChI is InChI=1S/C7H13NS/c9-7-4-1-2-6(8-7)3-5-7/h6,8-9H,1-5H2. The summed E-state index contributed by atoms with van der Waals surface area (Å²) in [6, 6.07) is 0.802. The molecule has 2 heteroatoms. The van der Waals surface area contributed by atoms with Gasteiger partial charge in [0.1, 0.15) is 0 Å². The van der Waals surface area contributed by atoms with Crippen LogP contribution < -0.4 is 5.32 Å². The van der Waals surface area contributed by atoms with Gasteiger partial charge in [0.05, 0.1) is 4.87 Å². The molecular formula is C7H13NS. The van der Waals surface area contributed by atoms with Crippen LogP contribution in [0.25, 0.3) is 0 Å². The molecule has 2 fully saturated rings. The molecule has 0 saturated carbocycles. The van der Waals surface area contributed by atoms with Crippen LogP contribution in [0.3, 0.4) is 0 Å². The van der Waals surface area contributed by atoms with Gasteiger partial charge in [0.15, 0.2) is 0 Å². The van der Waals surface area contributed by atoms with Gasteiger partial charge in [-0.05, 0) is 32.1 Å². The minimum absolute atomic E-state index is 0.239. The Hall–Kier alpha value is 0.310. The molecule has 52 valence electrons. The van der Waals surface area contributed by atoms with Crippen LogP contribution in [-0.4, -0.2) is 10.9 Å². The van der Waals surface area contributed by atoms with Crippen molar-refractivity contribution < 1.29 is 0 Å². The first-order valence-electron chi connectivity index (χ1n) is 3.79. The van der Waals surface area contributed by atoms with E-state index in [1.54, 1.807) is 0 Å². The van der Waals surface area contributed by atoms with E-state index in [-0.39, 0.29) is 4.87 Å². The maximum atomic E-state index is 4.58. The smallest absolute Gasteiger partial charge is 0.0618 e. The fourth-order valence-corrected chi connectivity index (χ4v) is 2.46. The summed E-state index contributed by atoms with van der Waals surface area (Å²) in [5.41, 5.74) is 0. The highest BCUT2D eigenvalue weighted by molar-refractivity contribution is 7.81. The van der Waals surface area contributed by atoms with E-state index in [1.165, 1.54) is 32.1 Å². The molecule has 2 heterocycles. The Kier molecular flexibility index (Phi) is 1.27. The summed E-state index contributed by atoms with van der Waals surface area (Å²) in [6.45, 7) is 0. The summed E-state index contributed by atoms with van der Waals surface area (Å²) in [7, 11) is 0. The third-order valence-corrected chi connectivity index (χ3v) is 3.10. The van der Waals surface area contributed by atoms with Crippen molar-refractivity contribution in [1.82, 2.24) is 5.32 Å². The van der Waals surface area contributed by atoms with Crippen molar-refractivity contribution in [3.63, 3.8) is 0 Å². The van der Waals surface area contributed by atoms with Gasteiger partial charge in [0.2, 0.25) is 0 Å². The lowest BCUT2D eigenvalue weighted by Crippen LogP contribution is -2.41. The molecule has 0 spiro atoms. The van der Waals surface area contributed by atoms with Gasteiger partial charge in [-0.15, -0.1) is 0 Å². The summed E-state index contributed by atoms with van der Waals surface area (Å²) in [5, 5.41) is 3.53. The molecule has 0 radical (unpaired) electrons. The number of hydrogen-bond acceptors (Lipinski definition) is 2. The van der Waals surface area contributed by atoms with Gasteiger partial charge in [-0.25, -0.2) is 0 Å². The first-order valence-corrected chi connectivity index (χ1v) is 4.23. The van der Waals surface area contributed by atoms with Crippen LogP contribution in [0.4, 0.5) is 0 Å². The maximum Gasteiger partial charge on any atom is 0.0618 e. The molecule has 0 aliphatic carbocycles. The molecule has 2 bridgehead atoms. The zero-order chi connectivity index (χ0) is 6.32. The highest BCUT2D eigenvalue weighted by Gasteiger charge is 2.37. The van der Waals surface area contributed by atoms with E-state index in [0.29, 0.717) is 0 Å². The molecule has 1 nitrogen and oxygen atoms in total. The molecule has 0 aromatic heterocycles. The summed E-state index contributed by atoms with van der Waals surface area (Å²) in [6.07, 6.45) is 6.65. The van der Waals surface area contributed by atoms with Crippen LogP contribution in [0.2, 0.25) is 0 Å². The Morgan fingerprint density at radius 1 is 1.33 bits per heavy atom. The highest BCUT2D eigenvalue weighted by Crippen LogP contribution is 2.37. The molecular weight excluding hydrogens is 130 g/mol. The van der Waals surface area contributed by atoms with Crippen molar-refractivity contribution in [2.24, 2.45) is 0 Å². The number of hydrogen-bond donors (Lipinski definition) is 2. The van der Waals surface area contributed by atoms with Crippen molar-refractivity contribution in [2.75, 3.05) is 0 Å². The van der Waals surface area contributed by atoms with Gasteiger partial charge < -0.3 is 5.32 Å². The summed E-state index contributed by atoms with van der Waals surface area (Å²) in [4.78, 5) is 0.239. The molecule has 2 saturated heterocycles. The number of rotatable bonds is 0. The van der Waals surface area contributed by atoms with Gasteiger partial charge in [-0.2, -0.15) is 12.6 Å². The predicted molar refractivity (Wildman–Crippen MR) is 41.7 cm³/mol.